The van der Waals surface area contributed by atoms with Crippen molar-refractivity contribution in [3.8, 4) is 0 Å². The molecular formula is C62H89CoN13O14P-. The summed E-state index contributed by atoms with van der Waals surface area (Å²) < 4.78 is 32.3. The van der Waals surface area contributed by atoms with Crippen molar-refractivity contribution < 1.29 is 83.8 Å². The van der Waals surface area contributed by atoms with E-state index in [0.717, 1.165) is 11.1 Å². The molecule has 1 radical (unpaired) electrons. The van der Waals surface area contributed by atoms with Gasteiger partial charge < -0.3 is 69.4 Å². The van der Waals surface area contributed by atoms with Crippen LogP contribution < -0.4 is 39.7 Å². The number of carbonyl (C=O) groups excluding carboxylic acids is 7. The molecule has 29 heteroatoms. The number of phosphoric ester groups is 1. The number of allylic oxidation sites excluding steroid dienone is 6. The monoisotopic (exact) mass is 1330 g/mol. The number of benzene rings is 1. The average Bonchev–Trinajstić information content (AvgIpc) is 1.53. The number of nitrogens with one attached hydrogen (secondary N) is 1. The number of aliphatic hydroxyl groups is 2. The van der Waals surface area contributed by atoms with E-state index < -0.39 is 143 Å². The molecule has 1 aromatic heterocycles. The molecule has 91 heavy (non-hydrogen) atoms. The summed E-state index contributed by atoms with van der Waals surface area (Å²) in [5.74, 6) is -7.34. The van der Waals surface area contributed by atoms with Crippen LogP contribution in [0.25, 0.3) is 16.4 Å². The van der Waals surface area contributed by atoms with Gasteiger partial charge in [-0.2, -0.15) is 5.70 Å². The molecule has 0 saturated carbocycles. The third-order valence-electron chi connectivity index (χ3n) is 20.5. The molecule has 1 aromatic carbocycles. The summed E-state index contributed by atoms with van der Waals surface area (Å²) in [6.07, 6.45) is -4.47. The number of aromatic nitrogens is 2. The van der Waals surface area contributed by atoms with Crippen LogP contribution in [0.3, 0.4) is 0 Å². The minimum Gasteiger partial charge on any atom is -0.682 e. The molecule has 8 bridgehead atoms. The summed E-state index contributed by atoms with van der Waals surface area (Å²) in [6, 6.07) is 2.68. The molecule has 11 unspecified atom stereocenters. The molecule has 0 spiro atoms. The number of phosphoric acid groups is 1. The third-order valence-corrected chi connectivity index (χ3v) is 21.6. The van der Waals surface area contributed by atoms with Crippen LogP contribution in [0, 0.1) is 59.2 Å². The second kappa shape index (κ2) is 26.8. The van der Waals surface area contributed by atoms with Crippen molar-refractivity contribution in [3.05, 3.63) is 69.2 Å². The van der Waals surface area contributed by atoms with Gasteiger partial charge in [-0.3, -0.25) is 57.6 Å². The Hall–Kier alpha value is -6.49. The standard InChI is InChI=1S/C62H90N13O14P.Co/c1-29-20-39-40(21-30(29)2)75(28-70-39)57-52(84)53(41(27-76)87-57)89-90(85,86)88-31(3)26-69-49(83)18-19-59(8)37(22-46(66)80)56-62(11)61(10,25-48(68)82)36(14-17-45(65)79)51(74-62)33(5)55-60(9,24-47(67)81)34(12-15-43(63)77)38(71-55)23-42-58(6,7)35(13-16-44(64)78)50(72-42)32(4)54(59)73-56;/h20-21,23,28,31,34-37,41,52-53,56-57,76,84H,12-19,22,24-27H2,1-11H3,(H15,63,64,65,66,67,68,69,71,72,73,74,77,78,79,80,81,82,83,85,86);/p-1/t31?,34?,35?,36?,37?,41?,52?,53?,56?,57?,59-,60+,61+,62+;/m1./s1. The van der Waals surface area contributed by atoms with Crippen molar-refractivity contribution in [2.75, 3.05) is 13.2 Å². The zero-order valence-electron chi connectivity index (χ0n) is 53.5. The van der Waals surface area contributed by atoms with Gasteiger partial charge in [-0.05, 0) is 119 Å². The summed E-state index contributed by atoms with van der Waals surface area (Å²) in [5.41, 5.74) is 36.8. The fourth-order valence-corrected chi connectivity index (χ4v) is 16.5. The number of hydrogen-bond acceptors (Lipinski definition) is 17. The number of aliphatic imine (C=N–C) groups is 3. The van der Waals surface area contributed by atoms with Crippen molar-refractivity contribution in [1.29, 1.82) is 0 Å². The van der Waals surface area contributed by atoms with E-state index in [1.54, 1.807) is 11.5 Å². The number of fused-ring (bicyclic) bond motifs is 7. The van der Waals surface area contributed by atoms with E-state index in [-0.39, 0.29) is 94.0 Å². The van der Waals surface area contributed by atoms with Gasteiger partial charge in [0.25, 0.3) is 0 Å². The van der Waals surface area contributed by atoms with Crippen LogP contribution in [0.5, 0.6) is 0 Å². The van der Waals surface area contributed by atoms with E-state index in [4.69, 9.17) is 68.5 Å². The van der Waals surface area contributed by atoms with E-state index in [9.17, 15) is 53.2 Å². The Labute approximate surface area is 539 Å². The van der Waals surface area contributed by atoms with Crippen LogP contribution >= 0.6 is 7.82 Å². The number of imidazole rings is 1. The van der Waals surface area contributed by atoms with Gasteiger partial charge in [0, 0.05) is 125 Å². The molecular weight excluding hydrogens is 1240 g/mol. The first-order valence-corrected chi connectivity index (χ1v) is 32.0. The number of hydrogen-bond donors (Lipinski definition) is 10. The fourth-order valence-electron chi connectivity index (χ4n) is 15.3. The van der Waals surface area contributed by atoms with E-state index in [1.165, 1.54) is 13.3 Å². The molecule has 7 amide bonds. The normalized spacial score (nSPS) is 31.7. The van der Waals surface area contributed by atoms with Crippen molar-refractivity contribution in [3.63, 3.8) is 0 Å². The predicted octanol–water partition coefficient (Wildman–Crippen LogP) is 3.94. The molecule has 15 atom stereocenters. The first-order valence-electron chi connectivity index (χ1n) is 30.5. The first-order chi connectivity index (χ1) is 41.8. The molecule has 16 N–H and O–H groups in total. The van der Waals surface area contributed by atoms with E-state index in [1.807, 2.05) is 80.5 Å². The number of nitrogens with two attached hydrogens (primary N) is 6. The fraction of sp³-hybridized carbons (Fsp3) is 0.629. The molecule has 2 saturated heterocycles. The summed E-state index contributed by atoms with van der Waals surface area (Å²) in [4.78, 5) is 125. The van der Waals surface area contributed by atoms with E-state index in [0.29, 0.717) is 56.4 Å². The number of amides is 7. The molecule has 501 valence electrons. The van der Waals surface area contributed by atoms with Crippen LogP contribution in [0.1, 0.15) is 150 Å². The SMILES string of the molecule is CC1=C2[N-]C(C(CC(N)=O)[C@@]2(C)CCC(=O)NCC(C)OP(=O)(O)OC2C(CO)OC(n3cnc4cc(C)c(C)cc43)C2O)[C@]2(C)N=C(C(C)=C3N=C(C=C4N=C1C(CCC(N)=O)C4(C)C)C(CCC(N)=O)[C@]3(C)CC(N)=O)C(CCC(N)=O)[C@]2(C)CC(N)=O.[Co]. The van der Waals surface area contributed by atoms with Crippen LogP contribution in [-0.4, -0.2) is 132 Å². The summed E-state index contributed by atoms with van der Waals surface area (Å²) in [7, 11) is -5.07. The smallest absolute Gasteiger partial charge is 0.472 e. The maximum atomic E-state index is 14.4. The van der Waals surface area contributed by atoms with Gasteiger partial charge in [0.15, 0.2) is 6.23 Å². The zero-order chi connectivity index (χ0) is 66.7. The minimum absolute atomic E-state index is 0. The molecule has 2 aromatic rings. The minimum atomic E-state index is -5.07. The second-order valence-corrected chi connectivity index (χ2v) is 28.4. The maximum Gasteiger partial charge on any atom is 0.472 e. The largest absolute Gasteiger partial charge is 0.682 e. The Morgan fingerprint density at radius 1 is 0.780 bits per heavy atom. The van der Waals surface area contributed by atoms with Crippen LogP contribution in [-0.2, 0) is 68.7 Å². The number of ether oxygens (including phenoxy) is 1. The van der Waals surface area contributed by atoms with Gasteiger partial charge in [-0.25, -0.2) is 9.55 Å². The first kappa shape index (κ1) is 71.9. The zero-order valence-corrected chi connectivity index (χ0v) is 55.5. The summed E-state index contributed by atoms with van der Waals surface area (Å²) >= 11 is 0. The number of aliphatic hydroxyl groups excluding tert-OH is 2. The van der Waals surface area contributed by atoms with Crippen LogP contribution in [0.4, 0.5) is 0 Å². The molecule has 0 aliphatic carbocycles. The van der Waals surface area contributed by atoms with Crippen LogP contribution in [0.2, 0.25) is 0 Å². The molecule has 6 aliphatic heterocycles. The number of carbonyl (C=O) groups is 7. The van der Waals surface area contributed by atoms with E-state index >= 15 is 0 Å². The van der Waals surface area contributed by atoms with Crippen molar-refractivity contribution in [2.45, 2.75) is 189 Å². The maximum absolute atomic E-state index is 14.4. The second-order valence-electron chi connectivity index (χ2n) is 27.0. The number of nitrogens with zero attached hydrogens (tertiary/aromatic N) is 6. The van der Waals surface area contributed by atoms with Crippen molar-refractivity contribution >= 4 is 77.3 Å². The van der Waals surface area contributed by atoms with Crippen molar-refractivity contribution in [1.82, 2.24) is 14.9 Å². The van der Waals surface area contributed by atoms with Gasteiger partial charge in [-0.1, -0.05) is 40.7 Å². The van der Waals surface area contributed by atoms with Gasteiger partial charge in [0.05, 0.1) is 41.3 Å². The Bertz CT molecular complexity index is 3540. The molecule has 8 rings (SSSR count). The molecule has 6 aliphatic rings. The van der Waals surface area contributed by atoms with Crippen molar-refractivity contribution in [2.24, 2.45) is 94.7 Å². The Morgan fingerprint density at radius 2 is 1.37 bits per heavy atom. The number of rotatable bonds is 26. The Kier molecular flexibility index (Phi) is 21.2. The quantitative estimate of drug-likeness (QED) is 0.0596. The topological polar surface area (TPSA) is 462 Å². The summed E-state index contributed by atoms with van der Waals surface area (Å²) in [6.45, 7) is 19.1. The average molecular weight is 1330 g/mol. The third kappa shape index (κ3) is 13.8. The summed E-state index contributed by atoms with van der Waals surface area (Å²) in [5, 5.41) is 30.2. The van der Waals surface area contributed by atoms with Gasteiger partial charge in [-0.15, -0.1) is 0 Å². The predicted molar refractivity (Wildman–Crippen MR) is 334 cm³/mol. The number of primary amides is 6. The van der Waals surface area contributed by atoms with Crippen LogP contribution in [0.15, 0.2) is 67.8 Å². The van der Waals surface area contributed by atoms with Gasteiger partial charge in [0.1, 0.15) is 18.3 Å². The van der Waals surface area contributed by atoms with Gasteiger partial charge >= 0.3 is 7.82 Å². The Morgan fingerprint density at radius 3 is 1.96 bits per heavy atom. The Balaban J connectivity index is 0.0000118. The molecule has 27 nitrogen and oxygen atoms in total. The van der Waals surface area contributed by atoms with Gasteiger partial charge in [0.2, 0.25) is 41.4 Å². The number of aryl methyl sites for hydroxylation is 2. The van der Waals surface area contributed by atoms with E-state index in [2.05, 4.69) is 10.3 Å². The molecule has 7 heterocycles. The molecule has 2 fully saturated rings.